The highest BCUT2D eigenvalue weighted by molar-refractivity contribution is 14.1. The monoisotopic (exact) mass is 486 g/mol. The van der Waals surface area contributed by atoms with E-state index in [4.69, 9.17) is 17.0 Å². The second-order valence-corrected chi connectivity index (χ2v) is 6.62. The van der Waals surface area contributed by atoms with Gasteiger partial charge in [0, 0.05) is 15.2 Å². The number of aryl methyl sites for hydroxylation is 1. The second-order valence-electron chi connectivity index (χ2n) is 5.04. The number of nitro benzene ring substituents is 1. The summed E-state index contributed by atoms with van der Waals surface area (Å²) in [4.78, 5) is 27.1. The molecule has 1 amide bonds. The number of anilines is 1. The molecule has 0 aliphatic heterocycles. The van der Waals surface area contributed by atoms with Crippen LogP contribution in [0.4, 0.5) is 11.5 Å². The minimum absolute atomic E-state index is 0.0413. The van der Waals surface area contributed by atoms with Crippen LogP contribution in [0.2, 0.25) is 0 Å². The van der Waals surface area contributed by atoms with Gasteiger partial charge in [0.15, 0.2) is 10.9 Å². The van der Waals surface area contributed by atoms with Crippen LogP contribution in [0.25, 0.3) is 0 Å². The molecule has 0 bridgehead atoms. The zero-order chi connectivity index (χ0) is 19.3. The second kappa shape index (κ2) is 8.85. The van der Waals surface area contributed by atoms with E-state index in [9.17, 15) is 14.9 Å². The van der Waals surface area contributed by atoms with Gasteiger partial charge >= 0.3 is 5.69 Å². The van der Waals surface area contributed by atoms with E-state index in [1.165, 1.54) is 12.1 Å². The van der Waals surface area contributed by atoms with E-state index in [2.05, 4.69) is 38.2 Å². The number of benzene rings is 1. The van der Waals surface area contributed by atoms with Gasteiger partial charge in [-0.3, -0.25) is 20.2 Å². The van der Waals surface area contributed by atoms with Gasteiger partial charge < -0.3 is 10.1 Å². The van der Waals surface area contributed by atoms with Crippen molar-refractivity contribution in [1.29, 1.82) is 0 Å². The van der Waals surface area contributed by atoms with Gasteiger partial charge in [0.2, 0.25) is 0 Å². The van der Waals surface area contributed by atoms with Gasteiger partial charge in [-0.05, 0) is 72.9 Å². The minimum Gasteiger partial charge on any atom is -0.487 e. The largest absolute Gasteiger partial charge is 0.487 e. The summed E-state index contributed by atoms with van der Waals surface area (Å²) in [7, 11) is 0. The number of carbonyl (C=O) groups is 1. The maximum atomic E-state index is 12.3. The van der Waals surface area contributed by atoms with Crippen LogP contribution < -0.4 is 15.4 Å². The van der Waals surface area contributed by atoms with Crippen molar-refractivity contribution in [1.82, 2.24) is 10.3 Å². The lowest BCUT2D eigenvalue weighted by Crippen LogP contribution is -2.34. The first-order valence-corrected chi connectivity index (χ1v) is 8.97. The van der Waals surface area contributed by atoms with Crippen molar-refractivity contribution in [3.8, 4) is 5.75 Å². The van der Waals surface area contributed by atoms with Crippen molar-refractivity contribution in [3.05, 3.63) is 55.3 Å². The number of halogens is 1. The molecule has 136 valence electrons. The Morgan fingerprint density at radius 2 is 2.12 bits per heavy atom. The summed E-state index contributed by atoms with van der Waals surface area (Å²) in [6.45, 7) is 3.85. The number of hydrogen-bond acceptors (Lipinski definition) is 6. The molecule has 0 atom stereocenters. The predicted octanol–water partition coefficient (Wildman–Crippen LogP) is 3.43. The van der Waals surface area contributed by atoms with Gasteiger partial charge in [0.05, 0.1) is 17.2 Å². The molecule has 0 radical (unpaired) electrons. The number of nitro groups is 1. The molecule has 0 saturated carbocycles. The smallest absolute Gasteiger partial charge is 0.311 e. The number of nitrogens with zero attached hydrogens (tertiary/aromatic N) is 2. The summed E-state index contributed by atoms with van der Waals surface area (Å²) in [5.74, 6) is 0.0232. The lowest BCUT2D eigenvalue weighted by atomic mass is 10.1. The number of amides is 1. The zero-order valence-electron chi connectivity index (χ0n) is 13.9. The van der Waals surface area contributed by atoms with E-state index >= 15 is 0 Å². The van der Waals surface area contributed by atoms with E-state index in [1.807, 2.05) is 13.0 Å². The molecular weight excluding hydrogens is 471 g/mol. The third-order valence-corrected chi connectivity index (χ3v) is 4.55. The molecule has 0 fully saturated rings. The Bertz CT molecular complexity index is 875. The Hall–Kier alpha value is -2.34. The Kier molecular flexibility index (Phi) is 6.80. The molecule has 0 aliphatic carbocycles. The first-order valence-electron chi connectivity index (χ1n) is 7.48. The third-order valence-electron chi connectivity index (χ3n) is 3.21. The maximum Gasteiger partial charge on any atom is 0.311 e. The Morgan fingerprint density at radius 1 is 1.38 bits per heavy atom. The molecule has 2 aromatic rings. The molecular formula is C16H15IN4O4S. The highest BCUT2D eigenvalue weighted by Crippen LogP contribution is 2.28. The summed E-state index contributed by atoms with van der Waals surface area (Å²) in [6, 6.07) is 7.57. The normalized spacial score (nSPS) is 10.1. The SMILES string of the molecule is CCOc1ccc(C(=O)NC(=S)Nc2ccc(I)c(C)n2)cc1[N+](=O)[O-]. The Balaban J connectivity index is 2.11. The van der Waals surface area contributed by atoms with Crippen molar-refractivity contribution in [2.45, 2.75) is 13.8 Å². The summed E-state index contributed by atoms with van der Waals surface area (Å²) in [5, 5.41) is 16.5. The zero-order valence-corrected chi connectivity index (χ0v) is 16.9. The highest BCUT2D eigenvalue weighted by atomic mass is 127. The molecule has 2 N–H and O–H groups in total. The van der Waals surface area contributed by atoms with Crippen LogP contribution >= 0.6 is 34.8 Å². The average Bonchev–Trinajstić information content (AvgIpc) is 2.58. The number of aromatic nitrogens is 1. The number of carbonyl (C=O) groups excluding carboxylic acids is 1. The fraction of sp³-hybridized carbons (Fsp3) is 0.188. The molecule has 10 heteroatoms. The Labute approximate surface area is 168 Å². The number of pyridine rings is 1. The molecule has 0 aliphatic rings. The number of hydrogen-bond donors (Lipinski definition) is 2. The maximum absolute atomic E-state index is 12.3. The van der Waals surface area contributed by atoms with Crippen LogP contribution in [0.15, 0.2) is 30.3 Å². The summed E-state index contributed by atoms with van der Waals surface area (Å²) >= 11 is 7.26. The average molecular weight is 486 g/mol. The lowest BCUT2D eigenvalue weighted by Gasteiger charge is -2.10. The van der Waals surface area contributed by atoms with Crippen LogP contribution in [0, 0.1) is 20.6 Å². The molecule has 1 aromatic carbocycles. The topological polar surface area (TPSA) is 106 Å². The molecule has 0 saturated heterocycles. The molecule has 1 aromatic heterocycles. The molecule has 0 spiro atoms. The summed E-state index contributed by atoms with van der Waals surface area (Å²) < 4.78 is 6.20. The standard InChI is InChI=1S/C16H15IN4O4S/c1-3-25-13-6-4-10(8-12(13)21(23)24)15(22)20-16(26)19-14-7-5-11(17)9(2)18-14/h4-8H,3H2,1-2H3,(H2,18,19,20,22,26). The highest BCUT2D eigenvalue weighted by Gasteiger charge is 2.19. The van der Waals surface area contributed by atoms with Gasteiger partial charge in [-0.25, -0.2) is 4.98 Å². The van der Waals surface area contributed by atoms with Crippen molar-refractivity contribution >= 4 is 57.3 Å². The van der Waals surface area contributed by atoms with E-state index in [0.717, 1.165) is 15.3 Å². The molecule has 1 heterocycles. The number of nitrogens with one attached hydrogen (secondary N) is 2. The van der Waals surface area contributed by atoms with Gasteiger partial charge in [0.1, 0.15) is 5.82 Å². The molecule has 2 rings (SSSR count). The quantitative estimate of drug-likeness (QED) is 0.289. The van der Waals surface area contributed by atoms with E-state index in [-0.39, 0.29) is 28.7 Å². The Morgan fingerprint density at radius 3 is 2.73 bits per heavy atom. The van der Waals surface area contributed by atoms with Crippen molar-refractivity contribution in [2.24, 2.45) is 0 Å². The van der Waals surface area contributed by atoms with Crippen LogP contribution in [-0.4, -0.2) is 27.5 Å². The molecule has 26 heavy (non-hydrogen) atoms. The summed E-state index contributed by atoms with van der Waals surface area (Å²) in [6.07, 6.45) is 0. The van der Waals surface area contributed by atoms with Gasteiger partial charge in [-0.1, -0.05) is 0 Å². The first-order chi connectivity index (χ1) is 12.3. The van der Waals surface area contributed by atoms with E-state index in [0.29, 0.717) is 5.82 Å². The van der Waals surface area contributed by atoms with Crippen molar-refractivity contribution in [3.63, 3.8) is 0 Å². The van der Waals surface area contributed by atoms with Crippen LogP contribution in [0.5, 0.6) is 5.75 Å². The molecule has 0 unspecified atom stereocenters. The van der Waals surface area contributed by atoms with Crippen LogP contribution in [0.3, 0.4) is 0 Å². The van der Waals surface area contributed by atoms with Crippen molar-refractivity contribution in [2.75, 3.05) is 11.9 Å². The molecule has 8 nitrogen and oxygen atoms in total. The van der Waals surface area contributed by atoms with E-state index in [1.54, 1.807) is 13.0 Å². The predicted molar refractivity (Wildman–Crippen MR) is 110 cm³/mol. The van der Waals surface area contributed by atoms with Crippen LogP contribution in [0.1, 0.15) is 23.0 Å². The number of rotatable bonds is 5. The third kappa shape index (κ3) is 5.08. The first kappa shape index (κ1) is 20.0. The summed E-state index contributed by atoms with van der Waals surface area (Å²) in [5.41, 5.74) is 0.635. The fourth-order valence-corrected chi connectivity index (χ4v) is 2.51. The minimum atomic E-state index is -0.601. The van der Waals surface area contributed by atoms with Gasteiger partial charge in [-0.15, -0.1) is 0 Å². The number of thiocarbonyl (C=S) groups is 1. The van der Waals surface area contributed by atoms with E-state index < -0.39 is 10.8 Å². The van der Waals surface area contributed by atoms with Crippen LogP contribution in [-0.2, 0) is 0 Å². The number of ether oxygens (including phenoxy) is 1. The van der Waals surface area contributed by atoms with Crippen molar-refractivity contribution < 1.29 is 14.5 Å². The van der Waals surface area contributed by atoms with Gasteiger partial charge in [0.25, 0.3) is 5.91 Å². The lowest BCUT2D eigenvalue weighted by molar-refractivity contribution is -0.385. The fourth-order valence-electron chi connectivity index (χ4n) is 2.02. The van der Waals surface area contributed by atoms with Gasteiger partial charge in [-0.2, -0.15) is 0 Å².